The zero-order chi connectivity index (χ0) is 31.0. The Morgan fingerprint density at radius 3 is 2.39 bits per heavy atom. The molecule has 0 saturated carbocycles. The van der Waals surface area contributed by atoms with Gasteiger partial charge in [0.15, 0.2) is 41.9 Å². The molecule has 23 heteroatoms. The number of rotatable bonds is 2. The molecule has 3 aliphatic heterocycles. The van der Waals surface area contributed by atoms with Gasteiger partial charge in [-0.1, -0.05) is 0 Å². The molecule has 0 aromatic carbocycles. The number of fused-ring (bicyclic) bond motifs is 5. The quantitative estimate of drug-likeness (QED) is 0.201. The van der Waals surface area contributed by atoms with Crippen LogP contribution in [0.2, 0.25) is 0 Å². The molecule has 2 radical (unpaired) electrons. The van der Waals surface area contributed by atoms with Gasteiger partial charge in [0.2, 0.25) is 7.57 Å². The maximum atomic E-state index is 16.0. The summed E-state index contributed by atoms with van der Waals surface area (Å²) in [5.74, 6) is 0.0500. The summed E-state index contributed by atoms with van der Waals surface area (Å²) in [6.45, 7) is -5.64. The summed E-state index contributed by atoms with van der Waals surface area (Å²) in [7, 11) is 1.28. The monoisotopic (exact) mass is 671 g/mol. The molecule has 10 atom stereocenters. The molecule has 3 fully saturated rings. The van der Waals surface area contributed by atoms with Crippen molar-refractivity contribution in [3.05, 3.63) is 31.2 Å². The first kappa shape index (κ1) is 30.0. The molecule has 0 amide bonds. The molecule has 44 heavy (non-hydrogen) atoms. The largest absolute Gasteiger partial charge is 0.397 e. The summed E-state index contributed by atoms with van der Waals surface area (Å²) >= 11 is 5.13. The molecule has 7 rings (SSSR count). The van der Waals surface area contributed by atoms with E-state index >= 15 is 8.78 Å². The number of halogens is 2. The number of nitrogen functional groups attached to an aromatic ring is 2. The average Bonchev–Trinajstić information content (AvgIpc) is 3.73. The van der Waals surface area contributed by atoms with Crippen LogP contribution in [-0.4, -0.2) is 96.5 Å². The summed E-state index contributed by atoms with van der Waals surface area (Å²) < 4.78 is 81.2. The van der Waals surface area contributed by atoms with Crippen molar-refractivity contribution in [1.29, 1.82) is 0 Å². The second-order valence-corrected chi connectivity index (χ2v) is 14.4. The predicted molar refractivity (Wildman–Crippen MR) is 151 cm³/mol. The lowest BCUT2D eigenvalue weighted by Crippen LogP contribution is -2.34. The first-order chi connectivity index (χ1) is 20.9. The topological polar surface area (TPSA) is 219 Å². The minimum atomic E-state index is -4.61. The van der Waals surface area contributed by atoms with E-state index in [2.05, 4.69) is 24.9 Å². The minimum absolute atomic E-state index is 0.0500. The van der Waals surface area contributed by atoms with Gasteiger partial charge in [-0.15, -0.1) is 0 Å². The zero-order valence-electron chi connectivity index (χ0n) is 22.1. The van der Waals surface area contributed by atoms with Gasteiger partial charge in [-0.05, 0) is 17.9 Å². The van der Waals surface area contributed by atoms with Crippen LogP contribution in [0.15, 0.2) is 31.2 Å². The van der Waals surface area contributed by atoms with Crippen molar-refractivity contribution >= 4 is 67.4 Å². The van der Waals surface area contributed by atoms with Crippen LogP contribution in [0.4, 0.5) is 20.3 Å². The van der Waals surface area contributed by atoms with Crippen molar-refractivity contribution in [3.8, 4) is 0 Å². The van der Waals surface area contributed by atoms with Crippen molar-refractivity contribution in [2.24, 2.45) is 0 Å². The highest BCUT2D eigenvalue weighted by Crippen LogP contribution is 2.54. The van der Waals surface area contributed by atoms with E-state index in [1.165, 1.54) is 34.1 Å². The third-order valence-corrected chi connectivity index (χ3v) is 9.91. The molecule has 3 aliphatic rings. The Labute approximate surface area is 252 Å². The SMILES string of the molecule is [B]P1(=O)OC[C@H]2O[C@@H](n3cnc4c(N)ncnc43)[C@H](F)[C@@H]2OP(O)(=S)OC[C@H]2O[C@@H](n3cnc4c(N)ccnc43)[C@H](O1)C2F. The van der Waals surface area contributed by atoms with E-state index in [1.54, 1.807) is 0 Å². The Bertz CT molecular complexity index is 1840. The van der Waals surface area contributed by atoms with Gasteiger partial charge >= 0.3 is 6.72 Å². The van der Waals surface area contributed by atoms with Gasteiger partial charge in [0.25, 0.3) is 7.47 Å². The summed E-state index contributed by atoms with van der Waals surface area (Å²) in [5.41, 5.74) is 12.9. The highest BCUT2D eigenvalue weighted by atomic mass is 32.5. The van der Waals surface area contributed by atoms with Crippen molar-refractivity contribution in [2.45, 2.75) is 49.2 Å². The van der Waals surface area contributed by atoms with E-state index < -0.39 is 76.6 Å². The van der Waals surface area contributed by atoms with Gasteiger partial charge in [-0.2, -0.15) is 0 Å². The standard InChI is InChI=1S/C21H22BF2N9O8P2S/c22-42(34)36-4-10-15(12(24)20(39-10)32-7-31-14-17(26)28-5-29-19(14)32)41-43(35,44)37-3-9-11(23)16(40-42)21(38-9)33-6-30-13-8(25)1-2-27-18(13)33/h1-2,5-7,9-12,15-16,20-21H,3-4H2,(H2,25,27)(H,35,44)(H2,26,28,29)/t9-,10-,11?,12-,15-,16-,20-,21-,42?,43?/m1/s1. The Balaban J connectivity index is 1.20. The highest BCUT2D eigenvalue weighted by Gasteiger charge is 2.53. The van der Waals surface area contributed by atoms with Crippen LogP contribution in [-0.2, 0) is 43.9 Å². The summed E-state index contributed by atoms with van der Waals surface area (Å²) in [4.78, 5) is 31.3. The fraction of sp³-hybridized carbons (Fsp3) is 0.476. The van der Waals surface area contributed by atoms with Crippen molar-refractivity contribution < 1.29 is 45.8 Å². The molecule has 232 valence electrons. The molecule has 4 aromatic heterocycles. The maximum Gasteiger partial charge on any atom is 0.325 e. The highest BCUT2D eigenvalue weighted by molar-refractivity contribution is 8.07. The lowest BCUT2D eigenvalue weighted by molar-refractivity contribution is -0.0580. The van der Waals surface area contributed by atoms with E-state index in [1.807, 2.05) is 0 Å². The number of ether oxygens (including phenoxy) is 2. The number of anilines is 2. The van der Waals surface area contributed by atoms with E-state index in [4.69, 9.17) is 58.4 Å². The molecule has 5 N–H and O–H groups in total. The van der Waals surface area contributed by atoms with Crippen LogP contribution in [0.5, 0.6) is 0 Å². The van der Waals surface area contributed by atoms with Gasteiger partial charge in [0.05, 0.1) is 31.6 Å². The molecule has 0 aliphatic carbocycles. The number of imidazole rings is 2. The van der Waals surface area contributed by atoms with E-state index in [0.29, 0.717) is 11.2 Å². The number of aromatic nitrogens is 7. The third kappa shape index (κ3) is 5.20. The van der Waals surface area contributed by atoms with Gasteiger partial charge < -0.3 is 39.4 Å². The Morgan fingerprint density at radius 1 is 0.909 bits per heavy atom. The van der Waals surface area contributed by atoms with Crippen molar-refractivity contribution in [1.82, 2.24) is 34.1 Å². The zero-order valence-corrected chi connectivity index (χ0v) is 24.8. The van der Waals surface area contributed by atoms with Crippen LogP contribution in [0.3, 0.4) is 0 Å². The molecule has 4 aromatic rings. The summed E-state index contributed by atoms with van der Waals surface area (Å²) in [5, 5.41) is 0. The lowest BCUT2D eigenvalue weighted by atomic mass is 10.1. The van der Waals surface area contributed by atoms with Crippen LogP contribution in [0.1, 0.15) is 12.5 Å². The van der Waals surface area contributed by atoms with Crippen molar-refractivity contribution in [3.63, 3.8) is 0 Å². The van der Waals surface area contributed by atoms with E-state index in [9.17, 15) is 9.46 Å². The molecule has 2 bridgehead atoms. The summed E-state index contributed by atoms with van der Waals surface area (Å²) in [6, 6.07) is 1.52. The maximum absolute atomic E-state index is 16.0. The number of nitrogens with two attached hydrogens (primary N) is 2. The second-order valence-electron chi connectivity index (χ2n) is 10.1. The Kier molecular flexibility index (Phi) is 7.48. The first-order valence-electron chi connectivity index (χ1n) is 12.9. The number of nitrogens with zero attached hydrogens (tertiary/aromatic N) is 7. The van der Waals surface area contributed by atoms with Crippen LogP contribution in [0, 0.1) is 0 Å². The molecular weight excluding hydrogens is 649 g/mol. The lowest BCUT2D eigenvalue weighted by Gasteiger charge is -2.27. The fourth-order valence-corrected chi connectivity index (χ4v) is 7.68. The molecule has 17 nitrogen and oxygen atoms in total. The van der Waals surface area contributed by atoms with E-state index in [-0.39, 0.29) is 22.6 Å². The minimum Gasteiger partial charge on any atom is -0.397 e. The van der Waals surface area contributed by atoms with Gasteiger partial charge in [0, 0.05) is 6.20 Å². The third-order valence-electron chi connectivity index (χ3n) is 7.30. The number of pyridine rings is 1. The van der Waals surface area contributed by atoms with Gasteiger partial charge in [0.1, 0.15) is 41.8 Å². The van der Waals surface area contributed by atoms with Gasteiger partial charge in [-0.25, -0.2) is 33.7 Å². The first-order valence-corrected chi connectivity index (χ1v) is 17.1. The second kappa shape index (κ2) is 11.0. The fourth-order valence-electron chi connectivity index (χ4n) is 5.27. The number of hydrogen-bond acceptors (Lipinski definition) is 15. The molecular formula is C21H22BF2N9O8P2S. The molecule has 0 spiro atoms. The Morgan fingerprint density at radius 2 is 1.59 bits per heavy atom. The molecule has 3 unspecified atom stereocenters. The number of hydrogen-bond donors (Lipinski definition) is 3. The summed E-state index contributed by atoms with van der Waals surface area (Å²) in [6.07, 6.45) is -7.86. The molecule has 3 saturated heterocycles. The number of alkyl halides is 2. The van der Waals surface area contributed by atoms with Crippen LogP contribution in [0.25, 0.3) is 22.3 Å². The predicted octanol–water partition coefficient (Wildman–Crippen LogP) is 1.22. The van der Waals surface area contributed by atoms with Crippen molar-refractivity contribution in [2.75, 3.05) is 24.7 Å². The van der Waals surface area contributed by atoms with Crippen LogP contribution >= 0.6 is 14.2 Å². The normalized spacial score (nSPS) is 38.2. The van der Waals surface area contributed by atoms with Gasteiger partial charge in [-0.3, -0.25) is 18.2 Å². The Hall–Kier alpha value is -2.71. The average molecular weight is 671 g/mol. The van der Waals surface area contributed by atoms with Crippen LogP contribution < -0.4 is 11.5 Å². The smallest absolute Gasteiger partial charge is 0.325 e. The molecule has 7 heterocycles. The van der Waals surface area contributed by atoms with E-state index in [0.717, 1.165) is 6.33 Å².